The molecule has 2 aliphatic heterocycles. The SMILES string of the molecule is C[C@H]1O[C@]2(OCc3cc(Cl)c(Cc4cccs4)cc32)[C@H](O)[C@@H](O)[C@@H]1O. The highest BCUT2D eigenvalue weighted by molar-refractivity contribution is 7.09. The topological polar surface area (TPSA) is 79.2 Å². The van der Waals surface area contributed by atoms with Crippen LogP contribution in [0.1, 0.15) is 28.5 Å². The molecule has 0 bridgehead atoms. The van der Waals surface area contributed by atoms with Gasteiger partial charge in [-0.2, -0.15) is 0 Å². The van der Waals surface area contributed by atoms with Gasteiger partial charge in [0.1, 0.15) is 18.3 Å². The number of benzene rings is 1. The maximum Gasteiger partial charge on any atom is 0.225 e. The molecule has 1 fully saturated rings. The number of aliphatic hydroxyl groups is 3. The first-order chi connectivity index (χ1) is 11.9. The Hall–Kier alpha value is -0.990. The molecule has 0 amide bonds. The van der Waals surface area contributed by atoms with E-state index in [4.69, 9.17) is 21.1 Å². The summed E-state index contributed by atoms with van der Waals surface area (Å²) in [5.74, 6) is -1.48. The zero-order chi connectivity index (χ0) is 17.8. The summed E-state index contributed by atoms with van der Waals surface area (Å²) < 4.78 is 11.7. The van der Waals surface area contributed by atoms with E-state index in [9.17, 15) is 15.3 Å². The highest BCUT2D eigenvalue weighted by Gasteiger charge is 2.57. The van der Waals surface area contributed by atoms with Crippen molar-refractivity contribution >= 4 is 22.9 Å². The van der Waals surface area contributed by atoms with Gasteiger partial charge in [0.05, 0.1) is 12.7 Å². The average Bonchev–Trinajstić information content (AvgIpc) is 3.21. The molecule has 134 valence electrons. The van der Waals surface area contributed by atoms with Crippen LogP contribution in [0.25, 0.3) is 0 Å². The average molecular weight is 383 g/mol. The van der Waals surface area contributed by atoms with E-state index in [0.717, 1.165) is 11.1 Å². The number of halogens is 1. The molecular formula is C18H19ClO5S. The summed E-state index contributed by atoms with van der Waals surface area (Å²) in [6.07, 6.45) is -3.94. The van der Waals surface area contributed by atoms with Gasteiger partial charge in [0.25, 0.3) is 0 Å². The Morgan fingerprint density at radius 3 is 2.80 bits per heavy atom. The minimum atomic E-state index is -1.48. The maximum atomic E-state index is 10.6. The van der Waals surface area contributed by atoms with Crippen molar-refractivity contribution in [2.75, 3.05) is 0 Å². The molecule has 2 aromatic rings. The summed E-state index contributed by atoms with van der Waals surface area (Å²) >= 11 is 8.07. The van der Waals surface area contributed by atoms with Crippen LogP contribution in [0.4, 0.5) is 0 Å². The van der Waals surface area contributed by atoms with Crippen molar-refractivity contribution in [3.8, 4) is 0 Å². The summed E-state index contributed by atoms with van der Waals surface area (Å²) in [7, 11) is 0. The Morgan fingerprint density at radius 1 is 1.28 bits per heavy atom. The van der Waals surface area contributed by atoms with Gasteiger partial charge >= 0.3 is 0 Å². The molecule has 5 nitrogen and oxygen atoms in total. The Morgan fingerprint density at radius 2 is 2.08 bits per heavy atom. The van der Waals surface area contributed by atoms with Gasteiger partial charge in [-0.3, -0.25) is 0 Å². The molecular weight excluding hydrogens is 364 g/mol. The van der Waals surface area contributed by atoms with Crippen LogP contribution in [-0.4, -0.2) is 39.7 Å². The second-order valence-electron chi connectivity index (χ2n) is 6.56. The van der Waals surface area contributed by atoms with Gasteiger partial charge < -0.3 is 24.8 Å². The molecule has 1 saturated heterocycles. The summed E-state index contributed by atoms with van der Waals surface area (Å²) in [5, 5.41) is 33.4. The van der Waals surface area contributed by atoms with Crippen LogP contribution < -0.4 is 0 Å². The second-order valence-corrected chi connectivity index (χ2v) is 8.00. The van der Waals surface area contributed by atoms with E-state index < -0.39 is 30.2 Å². The van der Waals surface area contributed by atoms with E-state index in [-0.39, 0.29) is 6.61 Å². The molecule has 2 aliphatic rings. The van der Waals surface area contributed by atoms with E-state index >= 15 is 0 Å². The third-order valence-electron chi connectivity index (χ3n) is 4.94. The molecule has 5 atom stereocenters. The fourth-order valence-electron chi connectivity index (χ4n) is 3.55. The van der Waals surface area contributed by atoms with E-state index in [1.807, 2.05) is 29.6 Å². The molecule has 1 spiro atoms. The number of fused-ring (bicyclic) bond motifs is 2. The first-order valence-corrected chi connectivity index (χ1v) is 9.38. The number of hydrogen-bond acceptors (Lipinski definition) is 6. The fourth-order valence-corrected chi connectivity index (χ4v) is 4.53. The minimum Gasteiger partial charge on any atom is -0.388 e. The van der Waals surface area contributed by atoms with Crippen LogP contribution in [0, 0.1) is 0 Å². The first kappa shape index (κ1) is 17.4. The molecule has 0 aliphatic carbocycles. The lowest BCUT2D eigenvalue weighted by Crippen LogP contribution is -2.62. The molecule has 0 radical (unpaired) electrons. The minimum absolute atomic E-state index is 0.223. The van der Waals surface area contributed by atoms with Gasteiger partial charge in [0, 0.05) is 21.9 Å². The molecule has 0 unspecified atom stereocenters. The fraction of sp³-hybridized carbons (Fsp3) is 0.444. The predicted octanol–water partition coefficient (Wildman–Crippen LogP) is 2.18. The van der Waals surface area contributed by atoms with Crippen LogP contribution in [-0.2, 0) is 28.3 Å². The lowest BCUT2D eigenvalue weighted by molar-refractivity contribution is -0.362. The zero-order valence-corrected chi connectivity index (χ0v) is 15.1. The summed E-state index contributed by atoms with van der Waals surface area (Å²) in [6, 6.07) is 7.73. The second kappa shape index (κ2) is 6.32. The molecule has 0 saturated carbocycles. The Bertz CT molecular complexity index is 780. The van der Waals surface area contributed by atoms with Crippen molar-refractivity contribution in [3.63, 3.8) is 0 Å². The lowest BCUT2D eigenvalue weighted by Gasteiger charge is -2.45. The molecule has 4 rings (SSSR count). The maximum absolute atomic E-state index is 10.6. The number of rotatable bonds is 2. The standard InChI is InChI=1S/C18H19ClO5S/c1-9-15(20)16(21)17(22)18(24-9)13-6-10(5-12-3-2-4-25-12)14(19)7-11(13)8-23-18/h2-4,6-7,9,15-17,20-22H,5,8H2,1H3/t9-,15-,16+,17-,18+/m1/s1. The normalized spacial score (nSPS) is 34.4. The first-order valence-electron chi connectivity index (χ1n) is 8.12. The molecule has 1 aromatic carbocycles. The Labute approximate surface area is 154 Å². The van der Waals surface area contributed by atoms with Crippen molar-refractivity contribution < 1.29 is 24.8 Å². The van der Waals surface area contributed by atoms with Gasteiger partial charge in [0.15, 0.2) is 0 Å². The van der Waals surface area contributed by atoms with E-state index in [2.05, 4.69) is 0 Å². The quantitative estimate of drug-likeness (QED) is 0.742. The van der Waals surface area contributed by atoms with Crippen molar-refractivity contribution in [2.45, 2.75) is 50.2 Å². The monoisotopic (exact) mass is 382 g/mol. The number of thiophene rings is 1. The van der Waals surface area contributed by atoms with Crippen LogP contribution in [0.3, 0.4) is 0 Å². The van der Waals surface area contributed by atoms with E-state index in [0.29, 0.717) is 17.0 Å². The number of aliphatic hydroxyl groups excluding tert-OH is 3. The highest BCUT2D eigenvalue weighted by Crippen LogP contribution is 2.47. The van der Waals surface area contributed by atoms with Crippen LogP contribution in [0.15, 0.2) is 29.6 Å². The van der Waals surface area contributed by atoms with Gasteiger partial charge in [-0.1, -0.05) is 17.7 Å². The summed E-state index contributed by atoms with van der Waals surface area (Å²) in [5.41, 5.74) is 2.38. The van der Waals surface area contributed by atoms with Gasteiger partial charge in [-0.15, -0.1) is 11.3 Å². The van der Waals surface area contributed by atoms with Gasteiger partial charge in [-0.25, -0.2) is 0 Å². The summed E-state index contributed by atoms with van der Waals surface area (Å²) in [4.78, 5) is 1.17. The van der Waals surface area contributed by atoms with Gasteiger partial charge in [-0.05, 0) is 41.6 Å². The molecule has 7 heteroatoms. The predicted molar refractivity (Wildman–Crippen MR) is 93.6 cm³/mol. The van der Waals surface area contributed by atoms with Gasteiger partial charge in [0.2, 0.25) is 5.79 Å². The highest BCUT2D eigenvalue weighted by atomic mass is 35.5. The van der Waals surface area contributed by atoms with Crippen molar-refractivity contribution in [2.24, 2.45) is 0 Å². The third kappa shape index (κ3) is 2.73. The van der Waals surface area contributed by atoms with Crippen molar-refractivity contribution in [1.82, 2.24) is 0 Å². The molecule has 3 N–H and O–H groups in total. The molecule has 25 heavy (non-hydrogen) atoms. The summed E-state index contributed by atoms with van der Waals surface area (Å²) in [6.45, 7) is 1.87. The number of ether oxygens (including phenoxy) is 2. The lowest BCUT2D eigenvalue weighted by atomic mass is 9.87. The smallest absolute Gasteiger partial charge is 0.225 e. The van der Waals surface area contributed by atoms with Crippen LogP contribution in [0.5, 0.6) is 0 Å². The van der Waals surface area contributed by atoms with Crippen molar-refractivity contribution in [1.29, 1.82) is 0 Å². The number of hydrogen-bond donors (Lipinski definition) is 3. The largest absolute Gasteiger partial charge is 0.388 e. The Kier molecular flexibility index (Phi) is 4.40. The van der Waals surface area contributed by atoms with Crippen LogP contribution >= 0.6 is 22.9 Å². The molecule has 1 aromatic heterocycles. The van der Waals surface area contributed by atoms with E-state index in [1.54, 1.807) is 18.3 Å². The zero-order valence-electron chi connectivity index (χ0n) is 13.6. The molecule has 3 heterocycles. The van der Waals surface area contributed by atoms with E-state index in [1.165, 1.54) is 4.88 Å². The van der Waals surface area contributed by atoms with Crippen molar-refractivity contribution in [3.05, 3.63) is 56.2 Å². The van der Waals surface area contributed by atoms with Crippen LogP contribution in [0.2, 0.25) is 5.02 Å². The third-order valence-corrected chi connectivity index (χ3v) is 6.17. The Balaban J connectivity index is 1.76.